The van der Waals surface area contributed by atoms with Crippen LogP contribution in [0.2, 0.25) is 0 Å². The zero-order valence-electron chi connectivity index (χ0n) is 10.4. The van der Waals surface area contributed by atoms with Crippen LogP contribution >= 0.6 is 11.8 Å². The maximum atomic E-state index is 5.78. The van der Waals surface area contributed by atoms with Gasteiger partial charge in [-0.2, -0.15) is 4.98 Å². The summed E-state index contributed by atoms with van der Waals surface area (Å²) in [5, 5.41) is 0.610. The van der Waals surface area contributed by atoms with Gasteiger partial charge in [0.1, 0.15) is 11.6 Å². The molecule has 0 spiro atoms. The highest BCUT2D eigenvalue weighted by Gasteiger charge is 2.06. The fourth-order valence-corrected chi connectivity index (χ4v) is 1.95. The normalized spacial score (nSPS) is 10.3. The Hall–Kier alpha value is -1.75. The molecule has 1 aromatic carbocycles. The summed E-state index contributed by atoms with van der Waals surface area (Å²) in [5.74, 6) is 1.70. The lowest BCUT2D eigenvalue weighted by Gasteiger charge is -2.09. The zero-order chi connectivity index (χ0) is 13.0. The van der Waals surface area contributed by atoms with Crippen LogP contribution in [0.25, 0.3) is 0 Å². The molecule has 2 rings (SSSR count). The molecule has 18 heavy (non-hydrogen) atoms. The number of anilines is 1. The summed E-state index contributed by atoms with van der Waals surface area (Å²) in [6.45, 7) is 2.09. The van der Waals surface area contributed by atoms with Gasteiger partial charge < -0.3 is 10.5 Å². The molecule has 0 saturated carbocycles. The summed E-state index contributed by atoms with van der Waals surface area (Å²) >= 11 is 1.44. The van der Waals surface area contributed by atoms with E-state index in [1.165, 1.54) is 11.8 Å². The number of nitrogen functional groups attached to an aromatic ring is 1. The Bertz CT molecular complexity index is 546. The van der Waals surface area contributed by atoms with Crippen molar-refractivity contribution >= 4 is 17.6 Å². The maximum Gasteiger partial charge on any atom is 0.225 e. The standard InChI is InChI=1S/C13H15N3OS/c1-3-9-6-4-5-7-10(9)17-12-8-11(14)15-13(16-12)18-2/h4-8H,3H2,1-2H3,(H2,14,15,16). The molecule has 0 saturated heterocycles. The number of ether oxygens (including phenoxy) is 1. The number of nitrogens with zero attached hydrogens (tertiary/aromatic N) is 2. The molecule has 1 heterocycles. The molecular formula is C13H15N3OS. The predicted octanol–water partition coefficient (Wildman–Crippen LogP) is 3.14. The Balaban J connectivity index is 2.30. The minimum atomic E-state index is 0.415. The van der Waals surface area contributed by atoms with E-state index in [4.69, 9.17) is 10.5 Å². The predicted molar refractivity (Wildman–Crippen MR) is 74.1 cm³/mol. The van der Waals surface area contributed by atoms with Crippen molar-refractivity contribution in [3.63, 3.8) is 0 Å². The topological polar surface area (TPSA) is 61.0 Å². The number of aryl methyl sites for hydroxylation is 1. The molecule has 0 radical (unpaired) electrons. The van der Waals surface area contributed by atoms with Crippen LogP contribution in [-0.4, -0.2) is 16.2 Å². The van der Waals surface area contributed by atoms with Crippen molar-refractivity contribution in [1.82, 2.24) is 9.97 Å². The second-order valence-corrected chi connectivity index (χ2v) is 4.45. The first-order valence-electron chi connectivity index (χ1n) is 5.67. The Morgan fingerprint density at radius 1 is 1.28 bits per heavy atom. The van der Waals surface area contributed by atoms with Crippen molar-refractivity contribution in [2.24, 2.45) is 0 Å². The monoisotopic (exact) mass is 261 g/mol. The molecule has 4 nitrogen and oxygen atoms in total. The largest absolute Gasteiger partial charge is 0.439 e. The van der Waals surface area contributed by atoms with Crippen LogP contribution in [0.15, 0.2) is 35.5 Å². The first kappa shape index (κ1) is 12.7. The van der Waals surface area contributed by atoms with Gasteiger partial charge in [-0.25, -0.2) is 4.98 Å². The molecule has 5 heteroatoms. The average molecular weight is 261 g/mol. The van der Waals surface area contributed by atoms with Crippen LogP contribution in [-0.2, 0) is 6.42 Å². The SMILES string of the molecule is CCc1ccccc1Oc1cc(N)nc(SC)n1. The molecule has 0 aliphatic rings. The van der Waals surface area contributed by atoms with Crippen molar-refractivity contribution in [3.8, 4) is 11.6 Å². The fraction of sp³-hybridized carbons (Fsp3) is 0.231. The van der Waals surface area contributed by atoms with E-state index in [0.717, 1.165) is 17.7 Å². The van der Waals surface area contributed by atoms with Gasteiger partial charge in [-0.15, -0.1) is 0 Å². The van der Waals surface area contributed by atoms with Gasteiger partial charge in [0.05, 0.1) is 0 Å². The molecule has 2 aromatic rings. The quantitative estimate of drug-likeness (QED) is 0.676. The van der Waals surface area contributed by atoms with Crippen LogP contribution in [0.1, 0.15) is 12.5 Å². The summed E-state index contributed by atoms with van der Waals surface area (Å²) in [6, 6.07) is 9.53. The molecule has 2 N–H and O–H groups in total. The van der Waals surface area contributed by atoms with Crippen molar-refractivity contribution in [1.29, 1.82) is 0 Å². The molecule has 0 bridgehead atoms. The lowest BCUT2D eigenvalue weighted by molar-refractivity contribution is 0.451. The Kier molecular flexibility index (Phi) is 4.04. The van der Waals surface area contributed by atoms with Crippen molar-refractivity contribution in [2.45, 2.75) is 18.5 Å². The summed E-state index contributed by atoms with van der Waals surface area (Å²) in [5.41, 5.74) is 6.85. The summed E-state index contributed by atoms with van der Waals surface area (Å²) in [7, 11) is 0. The number of nitrogens with two attached hydrogens (primary N) is 1. The second kappa shape index (κ2) is 5.73. The second-order valence-electron chi connectivity index (χ2n) is 3.68. The molecule has 0 aliphatic heterocycles. The van der Waals surface area contributed by atoms with E-state index in [1.54, 1.807) is 6.07 Å². The highest BCUT2D eigenvalue weighted by Crippen LogP contribution is 2.26. The number of hydrogen-bond acceptors (Lipinski definition) is 5. The highest BCUT2D eigenvalue weighted by molar-refractivity contribution is 7.98. The number of benzene rings is 1. The number of rotatable bonds is 4. The Morgan fingerprint density at radius 3 is 2.78 bits per heavy atom. The number of para-hydroxylation sites is 1. The van der Waals surface area contributed by atoms with E-state index in [2.05, 4.69) is 16.9 Å². The van der Waals surface area contributed by atoms with Gasteiger partial charge in [0, 0.05) is 6.07 Å². The highest BCUT2D eigenvalue weighted by atomic mass is 32.2. The van der Waals surface area contributed by atoms with E-state index in [-0.39, 0.29) is 0 Å². The minimum absolute atomic E-state index is 0.415. The third-order valence-corrected chi connectivity index (χ3v) is 3.00. The first-order valence-corrected chi connectivity index (χ1v) is 6.89. The molecule has 1 aromatic heterocycles. The molecule has 0 atom stereocenters. The third-order valence-electron chi connectivity index (χ3n) is 2.45. The lowest BCUT2D eigenvalue weighted by atomic mass is 10.1. The lowest BCUT2D eigenvalue weighted by Crippen LogP contribution is -1.98. The minimum Gasteiger partial charge on any atom is -0.439 e. The molecule has 0 fully saturated rings. The van der Waals surface area contributed by atoms with Gasteiger partial charge in [0.2, 0.25) is 5.88 Å². The van der Waals surface area contributed by atoms with E-state index in [1.807, 2.05) is 30.5 Å². The van der Waals surface area contributed by atoms with Crippen LogP contribution in [0, 0.1) is 0 Å². The van der Waals surface area contributed by atoms with E-state index in [9.17, 15) is 0 Å². The molecular weight excluding hydrogens is 246 g/mol. The zero-order valence-corrected chi connectivity index (χ0v) is 11.2. The van der Waals surface area contributed by atoms with Crippen molar-refractivity contribution < 1.29 is 4.74 Å². The van der Waals surface area contributed by atoms with Crippen LogP contribution in [0.3, 0.4) is 0 Å². The Morgan fingerprint density at radius 2 is 2.06 bits per heavy atom. The molecule has 0 unspecified atom stereocenters. The van der Waals surface area contributed by atoms with Gasteiger partial charge in [-0.3, -0.25) is 0 Å². The van der Waals surface area contributed by atoms with Gasteiger partial charge in [0.15, 0.2) is 5.16 Å². The van der Waals surface area contributed by atoms with Gasteiger partial charge >= 0.3 is 0 Å². The smallest absolute Gasteiger partial charge is 0.225 e. The summed E-state index contributed by atoms with van der Waals surface area (Å²) in [4.78, 5) is 8.36. The summed E-state index contributed by atoms with van der Waals surface area (Å²) in [6.07, 6.45) is 2.81. The molecule has 0 amide bonds. The Labute approximate surface area is 111 Å². The van der Waals surface area contributed by atoms with Gasteiger partial charge in [0.25, 0.3) is 0 Å². The van der Waals surface area contributed by atoms with Crippen molar-refractivity contribution in [3.05, 3.63) is 35.9 Å². The number of thioether (sulfide) groups is 1. The molecule has 0 aliphatic carbocycles. The maximum absolute atomic E-state index is 5.78. The van der Waals surface area contributed by atoms with Crippen LogP contribution in [0.4, 0.5) is 5.82 Å². The molecule has 94 valence electrons. The number of aromatic nitrogens is 2. The number of hydrogen-bond donors (Lipinski definition) is 1. The van der Waals surface area contributed by atoms with Crippen LogP contribution < -0.4 is 10.5 Å². The average Bonchev–Trinajstić information content (AvgIpc) is 2.38. The van der Waals surface area contributed by atoms with Crippen LogP contribution in [0.5, 0.6) is 11.6 Å². The van der Waals surface area contributed by atoms with E-state index in [0.29, 0.717) is 16.9 Å². The fourth-order valence-electron chi connectivity index (χ4n) is 1.57. The third kappa shape index (κ3) is 2.92. The first-order chi connectivity index (χ1) is 8.72. The van der Waals surface area contributed by atoms with E-state index < -0.39 is 0 Å². The van der Waals surface area contributed by atoms with E-state index >= 15 is 0 Å². The van der Waals surface area contributed by atoms with Crippen molar-refractivity contribution in [2.75, 3.05) is 12.0 Å². The van der Waals surface area contributed by atoms with Gasteiger partial charge in [-0.05, 0) is 24.3 Å². The summed E-state index contributed by atoms with van der Waals surface area (Å²) < 4.78 is 5.78. The van der Waals surface area contributed by atoms with Gasteiger partial charge in [-0.1, -0.05) is 36.9 Å².